The van der Waals surface area contributed by atoms with Crippen LogP contribution in [0.2, 0.25) is 0 Å². The summed E-state index contributed by atoms with van der Waals surface area (Å²) in [5.41, 5.74) is 0.880. The molecule has 2 aliphatic rings. The number of nitrogens with zero attached hydrogens (tertiary/aromatic N) is 4. The van der Waals surface area contributed by atoms with Crippen molar-refractivity contribution in [2.75, 3.05) is 44.7 Å². The standard InChI is InChI=1S/C25H31N5O3S/c1-32-21-6-4-19(5-7-21)23-27-25(33-28-23)30-12-9-20(10-13-30)24(31)26-15-18-8-11-29(16-18)17-22-3-2-14-34-22/h2-7,14,18,20H,8-13,15-17H2,1H3,(H,26,31). The molecule has 1 N–H and O–H groups in total. The summed E-state index contributed by atoms with van der Waals surface area (Å²) in [6, 6.07) is 12.4. The average molecular weight is 482 g/mol. The molecular formula is C25H31N5O3S. The highest BCUT2D eigenvalue weighted by Crippen LogP contribution is 2.26. The van der Waals surface area contributed by atoms with E-state index in [4.69, 9.17) is 9.26 Å². The Kier molecular flexibility index (Phi) is 7.10. The second-order valence-electron chi connectivity index (χ2n) is 9.10. The molecule has 4 heterocycles. The van der Waals surface area contributed by atoms with Gasteiger partial charge in [-0.1, -0.05) is 11.2 Å². The first kappa shape index (κ1) is 22.9. The van der Waals surface area contributed by atoms with Gasteiger partial charge in [-0.05, 0) is 67.4 Å². The first-order valence-electron chi connectivity index (χ1n) is 11.9. The van der Waals surface area contributed by atoms with Gasteiger partial charge in [-0.25, -0.2) is 0 Å². The summed E-state index contributed by atoms with van der Waals surface area (Å²) in [5.74, 6) is 2.11. The van der Waals surface area contributed by atoms with Crippen molar-refractivity contribution in [1.82, 2.24) is 20.4 Å². The van der Waals surface area contributed by atoms with Gasteiger partial charge >= 0.3 is 6.01 Å². The molecule has 9 heteroatoms. The third-order valence-electron chi connectivity index (χ3n) is 6.79. The maximum Gasteiger partial charge on any atom is 0.324 e. The van der Waals surface area contributed by atoms with Gasteiger partial charge < -0.3 is 19.5 Å². The normalized spacial score (nSPS) is 19.4. The van der Waals surface area contributed by atoms with Gasteiger partial charge in [-0.15, -0.1) is 11.3 Å². The Morgan fingerprint density at radius 2 is 2.00 bits per heavy atom. The second kappa shape index (κ2) is 10.6. The maximum atomic E-state index is 12.8. The molecule has 1 amide bonds. The van der Waals surface area contributed by atoms with E-state index in [0.717, 1.165) is 69.8 Å². The Hall–Kier alpha value is -2.91. The first-order chi connectivity index (χ1) is 16.7. The number of hydrogen-bond donors (Lipinski definition) is 1. The number of piperidine rings is 1. The molecule has 2 aromatic heterocycles. The topological polar surface area (TPSA) is 83.7 Å². The number of carbonyl (C=O) groups is 1. The maximum absolute atomic E-state index is 12.8. The highest BCUT2D eigenvalue weighted by molar-refractivity contribution is 7.09. The predicted molar refractivity (Wildman–Crippen MR) is 132 cm³/mol. The molecule has 2 saturated heterocycles. The Bertz CT molecular complexity index is 1060. The molecule has 2 aliphatic heterocycles. The molecule has 1 aromatic carbocycles. The zero-order valence-corrected chi connectivity index (χ0v) is 20.3. The van der Waals surface area contributed by atoms with Gasteiger partial charge in [0.25, 0.3) is 0 Å². The summed E-state index contributed by atoms with van der Waals surface area (Å²) in [7, 11) is 1.64. The van der Waals surface area contributed by atoms with Crippen molar-refractivity contribution in [3.63, 3.8) is 0 Å². The van der Waals surface area contributed by atoms with Gasteiger partial charge in [0.1, 0.15) is 5.75 Å². The van der Waals surface area contributed by atoms with Crippen LogP contribution in [0.4, 0.5) is 6.01 Å². The van der Waals surface area contributed by atoms with Crippen molar-refractivity contribution >= 4 is 23.3 Å². The van der Waals surface area contributed by atoms with E-state index in [1.807, 2.05) is 35.6 Å². The summed E-state index contributed by atoms with van der Waals surface area (Å²) in [5, 5.41) is 9.47. The number of thiophene rings is 1. The molecule has 0 aliphatic carbocycles. The average Bonchev–Trinajstić information content (AvgIpc) is 3.66. The van der Waals surface area contributed by atoms with Crippen molar-refractivity contribution in [1.29, 1.82) is 0 Å². The second-order valence-corrected chi connectivity index (χ2v) is 10.1. The van der Waals surface area contributed by atoms with Crippen molar-refractivity contribution in [3.8, 4) is 17.1 Å². The lowest BCUT2D eigenvalue weighted by Crippen LogP contribution is -2.42. The van der Waals surface area contributed by atoms with Gasteiger partial charge in [0, 0.05) is 49.1 Å². The van der Waals surface area contributed by atoms with Crippen LogP contribution in [0.5, 0.6) is 5.75 Å². The number of methoxy groups -OCH3 is 1. The Morgan fingerprint density at radius 1 is 1.18 bits per heavy atom. The minimum absolute atomic E-state index is 0.0452. The van der Waals surface area contributed by atoms with E-state index in [-0.39, 0.29) is 11.8 Å². The SMILES string of the molecule is COc1ccc(-c2noc(N3CCC(C(=O)NCC4CCN(Cc5cccs5)C4)CC3)n2)cc1. The minimum Gasteiger partial charge on any atom is -0.497 e. The van der Waals surface area contributed by atoms with Crippen LogP contribution in [0, 0.1) is 11.8 Å². The van der Waals surface area contributed by atoms with Crippen molar-refractivity contribution in [2.45, 2.75) is 25.8 Å². The Labute approximate surface area is 203 Å². The molecule has 0 saturated carbocycles. The number of rotatable bonds is 8. The Balaban J connectivity index is 1.05. The summed E-state index contributed by atoms with van der Waals surface area (Å²) in [6.45, 7) is 5.44. The molecule has 5 rings (SSSR count). The summed E-state index contributed by atoms with van der Waals surface area (Å²) >= 11 is 1.81. The van der Waals surface area contributed by atoms with E-state index in [1.54, 1.807) is 7.11 Å². The first-order valence-corrected chi connectivity index (χ1v) is 12.8. The third-order valence-corrected chi connectivity index (χ3v) is 7.66. The molecule has 180 valence electrons. The van der Waals surface area contributed by atoms with Crippen molar-refractivity contribution in [3.05, 3.63) is 46.7 Å². The molecule has 2 fully saturated rings. The lowest BCUT2D eigenvalue weighted by Gasteiger charge is -2.30. The van der Waals surface area contributed by atoms with Crippen LogP contribution < -0.4 is 15.0 Å². The zero-order valence-electron chi connectivity index (χ0n) is 19.5. The van der Waals surface area contributed by atoms with Crippen LogP contribution in [-0.4, -0.2) is 60.8 Å². The molecule has 1 unspecified atom stereocenters. The predicted octanol–water partition coefficient (Wildman–Crippen LogP) is 3.66. The quantitative estimate of drug-likeness (QED) is 0.526. The minimum atomic E-state index is 0.0452. The smallest absolute Gasteiger partial charge is 0.324 e. The molecule has 8 nitrogen and oxygen atoms in total. The number of amides is 1. The van der Waals surface area contributed by atoms with Crippen LogP contribution in [0.1, 0.15) is 24.1 Å². The van der Waals surface area contributed by atoms with Crippen LogP contribution in [0.3, 0.4) is 0 Å². The number of likely N-dealkylation sites (tertiary alicyclic amines) is 1. The molecular weight excluding hydrogens is 450 g/mol. The molecule has 0 spiro atoms. The molecule has 34 heavy (non-hydrogen) atoms. The number of carbonyl (C=O) groups excluding carboxylic acids is 1. The fourth-order valence-electron chi connectivity index (χ4n) is 4.77. The zero-order chi connectivity index (χ0) is 23.3. The van der Waals surface area contributed by atoms with E-state index >= 15 is 0 Å². The number of benzene rings is 1. The molecule has 0 bridgehead atoms. The summed E-state index contributed by atoms with van der Waals surface area (Å²) in [4.78, 5) is 23.3. The lowest BCUT2D eigenvalue weighted by atomic mass is 9.96. The van der Waals surface area contributed by atoms with Crippen LogP contribution in [-0.2, 0) is 11.3 Å². The fraction of sp³-hybridized carbons (Fsp3) is 0.480. The van der Waals surface area contributed by atoms with E-state index < -0.39 is 0 Å². The molecule has 0 radical (unpaired) electrons. The van der Waals surface area contributed by atoms with Gasteiger partial charge in [0.2, 0.25) is 11.7 Å². The number of nitrogens with one attached hydrogen (secondary N) is 1. The van der Waals surface area contributed by atoms with Gasteiger partial charge in [0.15, 0.2) is 0 Å². The third kappa shape index (κ3) is 5.42. The highest BCUT2D eigenvalue weighted by atomic mass is 32.1. The molecule has 3 aromatic rings. The number of hydrogen-bond acceptors (Lipinski definition) is 8. The van der Waals surface area contributed by atoms with E-state index in [0.29, 0.717) is 17.8 Å². The van der Waals surface area contributed by atoms with Gasteiger partial charge in [-0.3, -0.25) is 9.69 Å². The van der Waals surface area contributed by atoms with Gasteiger partial charge in [0.05, 0.1) is 7.11 Å². The van der Waals surface area contributed by atoms with Crippen molar-refractivity contribution in [2.24, 2.45) is 11.8 Å². The molecule has 1 atom stereocenters. The lowest BCUT2D eigenvalue weighted by molar-refractivity contribution is -0.125. The largest absolute Gasteiger partial charge is 0.497 e. The van der Waals surface area contributed by atoms with Crippen LogP contribution >= 0.6 is 11.3 Å². The van der Waals surface area contributed by atoms with Crippen LogP contribution in [0.25, 0.3) is 11.4 Å². The fourth-order valence-corrected chi connectivity index (χ4v) is 5.52. The number of anilines is 1. The highest BCUT2D eigenvalue weighted by Gasteiger charge is 2.29. The summed E-state index contributed by atoms with van der Waals surface area (Å²) < 4.78 is 10.7. The van der Waals surface area contributed by atoms with E-state index in [2.05, 4.69) is 42.8 Å². The van der Waals surface area contributed by atoms with Crippen LogP contribution in [0.15, 0.2) is 46.3 Å². The van der Waals surface area contributed by atoms with Gasteiger partial charge in [-0.2, -0.15) is 4.98 Å². The number of ether oxygens (including phenoxy) is 1. The monoisotopic (exact) mass is 481 g/mol. The van der Waals surface area contributed by atoms with E-state index in [1.165, 1.54) is 4.88 Å². The summed E-state index contributed by atoms with van der Waals surface area (Å²) in [6.07, 6.45) is 2.74. The Morgan fingerprint density at radius 3 is 2.74 bits per heavy atom. The van der Waals surface area contributed by atoms with Crippen molar-refractivity contribution < 1.29 is 14.1 Å². The number of aromatic nitrogens is 2. The van der Waals surface area contributed by atoms with E-state index in [9.17, 15) is 4.79 Å².